The summed E-state index contributed by atoms with van der Waals surface area (Å²) in [6, 6.07) is 1.50. The van der Waals surface area contributed by atoms with Gasteiger partial charge >= 0.3 is 5.97 Å². The Balaban J connectivity index is 3.22. The van der Waals surface area contributed by atoms with E-state index in [0.29, 0.717) is 0 Å². The summed E-state index contributed by atoms with van der Waals surface area (Å²) in [6.07, 6.45) is 1.45. The van der Waals surface area contributed by atoms with Gasteiger partial charge in [0.25, 0.3) is 0 Å². The smallest absolute Gasteiger partial charge is 0.344 e. The van der Waals surface area contributed by atoms with E-state index in [-0.39, 0.29) is 16.5 Å². The first-order valence-electron chi connectivity index (χ1n) is 3.47. The summed E-state index contributed by atoms with van der Waals surface area (Å²) in [5.74, 6) is -0.394. The lowest BCUT2D eigenvalue weighted by Crippen LogP contribution is -2.06. The number of esters is 1. The van der Waals surface area contributed by atoms with Gasteiger partial charge in [-0.1, -0.05) is 11.6 Å². The van der Waals surface area contributed by atoms with Gasteiger partial charge in [-0.05, 0) is 6.07 Å². The van der Waals surface area contributed by atoms with Crippen LogP contribution in [0.3, 0.4) is 0 Å². The van der Waals surface area contributed by atoms with Gasteiger partial charge in [0.15, 0.2) is 0 Å². The third-order valence-electron chi connectivity index (χ3n) is 1.45. The predicted octanol–water partition coefficient (Wildman–Crippen LogP) is 1.53. The third-order valence-corrected chi connectivity index (χ3v) is 1.76. The van der Waals surface area contributed by atoms with Crippen molar-refractivity contribution in [1.82, 2.24) is 4.98 Å². The van der Waals surface area contributed by atoms with Gasteiger partial charge in [-0.25, -0.2) is 9.78 Å². The van der Waals surface area contributed by atoms with Gasteiger partial charge in [0, 0.05) is 6.20 Å². The number of carbonyl (C=O) groups is 1. The molecule has 1 aromatic heterocycles. The summed E-state index contributed by atoms with van der Waals surface area (Å²) < 4.78 is 9.37. The molecule has 0 aromatic carbocycles. The Kier molecular flexibility index (Phi) is 3.08. The fraction of sp³-hybridized carbons (Fsp3) is 0.250. The molecule has 0 unspecified atom stereocenters. The molecule has 0 aliphatic heterocycles. The first-order chi connectivity index (χ1) is 6.20. The maximum atomic E-state index is 11.2. The third kappa shape index (κ3) is 1.89. The Hall–Kier alpha value is -1.29. The Labute approximate surface area is 80.4 Å². The molecular weight excluding hydrogens is 194 g/mol. The van der Waals surface area contributed by atoms with E-state index >= 15 is 0 Å². The van der Waals surface area contributed by atoms with Gasteiger partial charge in [0.2, 0.25) is 5.88 Å². The predicted molar refractivity (Wildman–Crippen MR) is 47.1 cm³/mol. The van der Waals surface area contributed by atoms with Crippen LogP contribution in [0, 0.1) is 0 Å². The number of aromatic nitrogens is 1. The van der Waals surface area contributed by atoms with Gasteiger partial charge in [0.1, 0.15) is 5.56 Å². The minimum atomic E-state index is -0.560. The van der Waals surface area contributed by atoms with Crippen molar-refractivity contribution >= 4 is 17.6 Å². The second-order valence-electron chi connectivity index (χ2n) is 2.17. The van der Waals surface area contributed by atoms with Gasteiger partial charge in [-0.2, -0.15) is 0 Å². The van der Waals surface area contributed by atoms with Crippen molar-refractivity contribution in [2.75, 3.05) is 14.2 Å². The molecule has 0 fully saturated rings. The second kappa shape index (κ2) is 4.09. The fourth-order valence-corrected chi connectivity index (χ4v) is 1.08. The Bertz CT molecular complexity index is 327. The molecule has 13 heavy (non-hydrogen) atoms. The summed E-state index contributed by atoms with van der Waals surface area (Å²) in [6.45, 7) is 0. The molecular formula is C8H8ClNO3. The summed E-state index contributed by atoms with van der Waals surface area (Å²) in [5.41, 5.74) is 0.147. The van der Waals surface area contributed by atoms with Crippen LogP contribution in [0.5, 0.6) is 5.88 Å². The van der Waals surface area contributed by atoms with Crippen LogP contribution in [0.15, 0.2) is 12.3 Å². The number of halogens is 1. The quantitative estimate of drug-likeness (QED) is 0.681. The lowest BCUT2D eigenvalue weighted by Gasteiger charge is -2.05. The highest BCUT2D eigenvalue weighted by Gasteiger charge is 2.17. The Morgan fingerprint density at radius 1 is 1.54 bits per heavy atom. The number of pyridine rings is 1. The van der Waals surface area contributed by atoms with E-state index < -0.39 is 5.97 Å². The summed E-state index contributed by atoms with van der Waals surface area (Å²) >= 11 is 5.76. The van der Waals surface area contributed by atoms with Crippen LogP contribution >= 0.6 is 11.6 Å². The normalized spacial score (nSPS) is 9.46. The van der Waals surface area contributed by atoms with Crippen LogP contribution in [0.25, 0.3) is 0 Å². The van der Waals surface area contributed by atoms with E-state index in [1.165, 1.54) is 26.5 Å². The maximum Gasteiger partial charge on any atom is 0.344 e. The van der Waals surface area contributed by atoms with E-state index in [9.17, 15) is 4.79 Å². The van der Waals surface area contributed by atoms with Crippen molar-refractivity contribution in [3.63, 3.8) is 0 Å². The first kappa shape index (κ1) is 9.80. The molecule has 1 rings (SSSR count). The molecule has 5 heteroatoms. The zero-order valence-corrected chi connectivity index (χ0v) is 7.96. The molecule has 1 aromatic rings. The minimum absolute atomic E-state index is 0.147. The number of rotatable bonds is 2. The molecule has 0 aliphatic rings. The zero-order valence-electron chi connectivity index (χ0n) is 7.20. The molecule has 0 radical (unpaired) electrons. The molecule has 0 N–H and O–H groups in total. The lowest BCUT2D eigenvalue weighted by molar-refractivity contribution is 0.0596. The average Bonchev–Trinajstić information content (AvgIpc) is 2.16. The molecule has 70 valence electrons. The van der Waals surface area contributed by atoms with Crippen LogP contribution in [-0.4, -0.2) is 25.2 Å². The highest BCUT2D eigenvalue weighted by atomic mass is 35.5. The monoisotopic (exact) mass is 201 g/mol. The molecule has 0 bridgehead atoms. The highest BCUT2D eigenvalue weighted by Crippen LogP contribution is 2.23. The van der Waals surface area contributed by atoms with E-state index in [2.05, 4.69) is 9.72 Å². The van der Waals surface area contributed by atoms with Gasteiger partial charge in [0.05, 0.1) is 19.2 Å². The largest absolute Gasteiger partial charge is 0.480 e. The number of carbonyl (C=O) groups excluding carboxylic acids is 1. The molecule has 0 atom stereocenters. The Morgan fingerprint density at radius 3 is 2.77 bits per heavy atom. The number of hydrogen-bond donors (Lipinski definition) is 0. The molecule has 1 heterocycles. The first-order valence-corrected chi connectivity index (χ1v) is 3.85. The van der Waals surface area contributed by atoms with Crippen molar-refractivity contribution in [2.24, 2.45) is 0 Å². The van der Waals surface area contributed by atoms with Gasteiger partial charge in [-0.15, -0.1) is 0 Å². The molecule has 0 saturated carbocycles. The number of methoxy groups -OCH3 is 2. The van der Waals surface area contributed by atoms with E-state index in [1.54, 1.807) is 0 Å². The number of nitrogens with zero attached hydrogens (tertiary/aromatic N) is 1. The van der Waals surface area contributed by atoms with Crippen molar-refractivity contribution in [3.05, 3.63) is 22.8 Å². The van der Waals surface area contributed by atoms with Crippen LogP contribution < -0.4 is 4.74 Å². The van der Waals surface area contributed by atoms with Crippen LogP contribution in [0.1, 0.15) is 10.4 Å². The number of hydrogen-bond acceptors (Lipinski definition) is 4. The van der Waals surface area contributed by atoms with Crippen molar-refractivity contribution < 1.29 is 14.3 Å². The van der Waals surface area contributed by atoms with Gasteiger partial charge < -0.3 is 9.47 Å². The Morgan fingerprint density at radius 2 is 2.23 bits per heavy atom. The van der Waals surface area contributed by atoms with Crippen molar-refractivity contribution in [2.45, 2.75) is 0 Å². The summed E-state index contributed by atoms with van der Waals surface area (Å²) in [7, 11) is 2.68. The summed E-state index contributed by atoms with van der Waals surface area (Å²) in [4.78, 5) is 15.0. The van der Waals surface area contributed by atoms with Crippen LogP contribution in [0.4, 0.5) is 0 Å². The van der Waals surface area contributed by atoms with E-state index in [0.717, 1.165) is 0 Å². The zero-order chi connectivity index (χ0) is 9.84. The molecule has 0 spiro atoms. The molecule has 0 aliphatic carbocycles. The van der Waals surface area contributed by atoms with E-state index in [1.807, 2.05) is 0 Å². The topological polar surface area (TPSA) is 48.4 Å². The number of ether oxygens (including phenoxy) is 2. The van der Waals surface area contributed by atoms with Crippen LogP contribution in [-0.2, 0) is 4.74 Å². The SMILES string of the molecule is COC(=O)c1c(Cl)ccnc1OC. The summed E-state index contributed by atoms with van der Waals surface area (Å²) in [5, 5.41) is 0.263. The lowest BCUT2D eigenvalue weighted by atomic mass is 10.3. The maximum absolute atomic E-state index is 11.2. The standard InChI is InChI=1S/C8H8ClNO3/c1-12-7-6(8(11)13-2)5(9)3-4-10-7/h3-4H,1-2H3. The molecule has 4 nitrogen and oxygen atoms in total. The average molecular weight is 202 g/mol. The highest BCUT2D eigenvalue weighted by molar-refractivity contribution is 6.33. The minimum Gasteiger partial charge on any atom is -0.480 e. The molecule has 0 saturated heterocycles. The second-order valence-corrected chi connectivity index (χ2v) is 2.58. The van der Waals surface area contributed by atoms with Crippen LogP contribution in [0.2, 0.25) is 5.02 Å². The fourth-order valence-electron chi connectivity index (χ4n) is 0.862. The van der Waals surface area contributed by atoms with Crippen molar-refractivity contribution in [1.29, 1.82) is 0 Å². The van der Waals surface area contributed by atoms with E-state index in [4.69, 9.17) is 16.3 Å². The van der Waals surface area contributed by atoms with Gasteiger partial charge in [-0.3, -0.25) is 0 Å². The van der Waals surface area contributed by atoms with Crippen molar-refractivity contribution in [3.8, 4) is 5.88 Å². The molecule has 0 amide bonds.